The average molecular weight is 372 g/mol. The number of fused-ring (bicyclic) bond motifs is 1. The molecule has 0 N–H and O–H groups in total. The van der Waals surface area contributed by atoms with Gasteiger partial charge in [-0.05, 0) is 42.7 Å². The van der Waals surface area contributed by atoms with Crippen molar-refractivity contribution in [3.05, 3.63) is 81.9 Å². The molecule has 0 aliphatic carbocycles. The minimum Gasteiger partial charge on any atom is -0.305 e. The first-order valence-corrected chi connectivity index (χ1v) is 9.35. The van der Waals surface area contributed by atoms with E-state index < -0.39 is 0 Å². The highest BCUT2D eigenvalue weighted by Gasteiger charge is 2.24. The van der Waals surface area contributed by atoms with Crippen molar-refractivity contribution in [3.63, 3.8) is 0 Å². The second kappa shape index (κ2) is 7.67. The molecule has 1 aliphatic heterocycles. The van der Waals surface area contributed by atoms with E-state index in [1.54, 1.807) is 6.07 Å². The molecule has 0 amide bonds. The lowest BCUT2D eigenvalue weighted by Crippen LogP contribution is -2.47. The molecule has 0 atom stereocenters. The number of hydrazine groups is 1. The highest BCUT2D eigenvalue weighted by atomic mass is 16.6. The van der Waals surface area contributed by atoms with E-state index in [1.807, 2.05) is 54.6 Å². The van der Waals surface area contributed by atoms with Gasteiger partial charge in [0.2, 0.25) is 0 Å². The Hall–Kier alpha value is -3.43. The fourth-order valence-electron chi connectivity index (χ4n) is 3.80. The average Bonchev–Trinajstić information content (AvgIpc) is 2.74. The van der Waals surface area contributed by atoms with Crippen molar-refractivity contribution < 1.29 is 4.92 Å². The third-order valence-corrected chi connectivity index (χ3v) is 5.18. The van der Waals surface area contributed by atoms with Gasteiger partial charge in [0.25, 0.3) is 5.69 Å². The quantitative estimate of drug-likeness (QED) is 0.493. The fraction of sp³-hybridized carbons (Fsp3) is 0.227. The van der Waals surface area contributed by atoms with E-state index >= 15 is 0 Å². The van der Waals surface area contributed by atoms with Gasteiger partial charge in [0, 0.05) is 31.1 Å². The van der Waals surface area contributed by atoms with Gasteiger partial charge in [-0.1, -0.05) is 30.3 Å². The lowest BCUT2D eigenvalue weighted by molar-refractivity contribution is -0.383. The van der Waals surface area contributed by atoms with Gasteiger partial charge in [-0.25, -0.2) is 5.01 Å². The van der Waals surface area contributed by atoms with E-state index in [0.717, 1.165) is 49.1 Å². The Morgan fingerprint density at radius 3 is 2.39 bits per heavy atom. The molecule has 1 fully saturated rings. The molecular weight excluding hydrogens is 352 g/mol. The van der Waals surface area contributed by atoms with Gasteiger partial charge in [0.1, 0.15) is 0 Å². The number of nitro benzene ring substituents is 1. The van der Waals surface area contributed by atoms with Crippen molar-refractivity contribution in [2.75, 3.05) is 18.1 Å². The first-order valence-electron chi connectivity index (χ1n) is 9.35. The smallest absolute Gasteiger partial charge is 0.277 e. The van der Waals surface area contributed by atoms with Crippen LogP contribution in [0.25, 0.3) is 10.8 Å². The minimum atomic E-state index is -0.323. The van der Waals surface area contributed by atoms with Crippen LogP contribution in [0.2, 0.25) is 0 Å². The molecule has 3 aromatic carbocycles. The van der Waals surface area contributed by atoms with Crippen molar-refractivity contribution >= 4 is 22.1 Å². The molecule has 0 bridgehead atoms. The molecule has 0 unspecified atom stereocenters. The number of nitriles is 1. The monoisotopic (exact) mass is 372 g/mol. The second-order valence-electron chi connectivity index (χ2n) is 6.93. The summed E-state index contributed by atoms with van der Waals surface area (Å²) < 4.78 is 0. The molecule has 0 saturated carbocycles. The Morgan fingerprint density at radius 1 is 0.964 bits per heavy atom. The van der Waals surface area contributed by atoms with E-state index in [4.69, 9.17) is 5.26 Å². The molecule has 3 aromatic rings. The molecule has 0 spiro atoms. The summed E-state index contributed by atoms with van der Waals surface area (Å²) in [5, 5.41) is 26.5. The van der Waals surface area contributed by atoms with Crippen LogP contribution in [0, 0.1) is 21.4 Å². The summed E-state index contributed by atoms with van der Waals surface area (Å²) in [6, 6.07) is 20.8. The van der Waals surface area contributed by atoms with E-state index in [9.17, 15) is 10.1 Å². The number of hydrogen-bond donors (Lipinski definition) is 0. The zero-order valence-corrected chi connectivity index (χ0v) is 15.4. The first-order chi connectivity index (χ1) is 13.7. The Kier molecular flexibility index (Phi) is 4.92. The van der Waals surface area contributed by atoms with E-state index in [0.29, 0.717) is 10.9 Å². The maximum absolute atomic E-state index is 11.4. The summed E-state index contributed by atoms with van der Waals surface area (Å²) in [5.74, 6) is 0. The molecule has 4 rings (SSSR count). The Balaban J connectivity index is 1.71. The van der Waals surface area contributed by atoms with Crippen LogP contribution in [-0.2, 0) is 6.54 Å². The standard InChI is InChI=1S/C22H20N4O2/c23-15-17-7-9-18(10-8-17)16-24-13-3-4-14-25(24)21-11-12-22(26(27)28)20-6-2-1-5-19(20)21/h1-2,5-12H,3-4,13-14,16H2. The molecule has 28 heavy (non-hydrogen) atoms. The van der Waals surface area contributed by atoms with Gasteiger partial charge in [-0.3, -0.25) is 10.1 Å². The number of anilines is 1. The van der Waals surface area contributed by atoms with Crippen molar-refractivity contribution in [2.24, 2.45) is 0 Å². The van der Waals surface area contributed by atoms with Gasteiger partial charge >= 0.3 is 0 Å². The van der Waals surface area contributed by atoms with Gasteiger partial charge in [0.15, 0.2) is 0 Å². The Labute approximate surface area is 163 Å². The highest BCUT2D eigenvalue weighted by molar-refractivity contribution is 5.99. The van der Waals surface area contributed by atoms with E-state index in [1.165, 1.54) is 0 Å². The van der Waals surface area contributed by atoms with E-state index in [-0.39, 0.29) is 10.6 Å². The number of rotatable bonds is 4. The molecule has 6 heteroatoms. The number of benzene rings is 3. The van der Waals surface area contributed by atoms with Crippen LogP contribution in [-0.4, -0.2) is 23.0 Å². The normalized spacial score (nSPS) is 14.8. The zero-order chi connectivity index (χ0) is 19.5. The maximum Gasteiger partial charge on any atom is 0.277 e. The minimum absolute atomic E-state index is 0.134. The molecule has 1 aliphatic rings. The Bertz CT molecular complexity index is 1060. The summed E-state index contributed by atoms with van der Waals surface area (Å²) in [6.07, 6.45) is 2.19. The van der Waals surface area contributed by atoms with Gasteiger partial charge in [0.05, 0.1) is 27.6 Å². The van der Waals surface area contributed by atoms with Crippen molar-refractivity contribution in [1.82, 2.24) is 5.01 Å². The molecule has 6 nitrogen and oxygen atoms in total. The largest absolute Gasteiger partial charge is 0.305 e. The third-order valence-electron chi connectivity index (χ3n) is 5.18. The predicted molar refractivity (Wildman–Crippen MR) is 109 cm³/mol. The SMILES string of the molecule is N#Cc1ccc(CN2CCCCN2c2ccc([N+](=O)[O-])c3ccccc23)cc1. The first kappa shape index (κ1) is 18.0. The zero-order valence-electron chi connectivity index (χ0n) is 15.4. The van der Waals surface area contributed by atoms with Crippen molar-refractivity contribution in [3.8, 4) is 6.07 Å². The fourth-order valence-corrected chi connectivity index (χ4v) is 3.80. The topological polar surface area (TPSA) is 73.4 Å². The van der Waals surface area contributed by atoms with Gasteiger partial charge < -0.3 is 5.01 Å². The number of nitro groups is 1. The molecule has 0 aromatic heterocycles. The van der Waals surface area contributed by atoms with Crippen LogP contribution in [0.15, 0.2) is 60.7 Å². The number of hydrogen-bond acceptors (Lipinski definition) is 5. The molecule has 140 valence electrons. The molecule has 1 heterocycles. The predicted octanol–water partition coefficient (Wildman–Crippen LogP) is 4.64. The summed E-state index contributed by atoms with van der Waals surface area (Å²) >= 11 is 0. The van der Waals surface area contributed by atoms with Crippen LogP contribution in [0.4, 0.5) is 11.4 Å². The molecule has 1 saturated heterocycles. The lowest BCUT2D eigenvalue weighted by Gasteiger charge is -2.41. The van der Waals surface area contributed by atoms with Crippen LogP contribution >= 0.6 is 0 Å². The summed E-state index contributed by atoms with van der Waals surface area (Å²) in [7, 11) is 0. The number of nitrogens with zero attached hydrogens (tertiary/aromatic N) is 4. The third kappa shape index (κ3) is 3.40. The second-order valence-corrected chi connectivity index (χ2v) is 6.93. The summed E-state index contributed by atoms with van der Waals surface area (Å²) in [4.78, 5) is 11.1. The molecule has 0 radical (unpaired) electrons. The van der Waals surface area contributed by atoms with Crippen LogP contribution < -0.4 is 5.01 Å². The van der Waals surface area contributed by atoms with Crippen LogP contribution in [0.1, 0.15) is 24.0 Å². The summed E-state index contributed by atoms with van der Waals surface area (Å²) in [6.45, 7) is 2.53. The molecular formula is C22H20N4O2. The maximum atomic E-state index is 11.4. The number of non-ortho nitro benzene ring substituents is 1. The van der Waals surface area contributed by atoms with Gasteiger partial charge in [-0.2, -0.15) is 5.26 Å². The highest BCUT2D eigenvalue weighted by Crippen LogP contribution is 2.35. The van der Waals surface area contributed by atoms with E-state index in [2.05, 4.69) is 16.1 Å². The van der Waals surface area contributed by atoms with Crippen LogP contribution in [0.3, 0.4) is 0 Å². The Morgan fingerprint density at radius 2 is 1.68 bits per heavy atom. The van der Waals surface area contributed by atoms with Crippen LogP contribution in [0.5, 0.6) is 0 Å². The van der Waals surface area contributed by atoms with Crippen molar-refractivity contribution in [1.29, 1.82) is 5.26 Å². The van der Waals surface area contributed by atoms with Crippen molar-refractivity contribution in [2.45, 2.75) is 19.4 Å². The summed E-state index contributed by atoms with van der Waals surface area (Å²) in [5.41, 5.74) is 2.92. The van der Waals surface area contributed by atoms with Gasteiger partial charge in [-0.15, -0.1) is 0 Å². The lowest BCUT2D eigenvalue weighted by atomic mass is 10.1.